The number of ether oxygens (including phenoxy) is 1. The molecule has 140 valence electrons. The van der Waals surface area contributed by atoms with Crippen molar-refractivity contribution < 1.29 is 23.5 Å². The second-order valence-corrected chi connectivity index (χ2v) is 5.81. The number of esters is 1. The first-order valence-electron chi connectivity index (χ1n) is 8.12. The number of hydrogen-bond donors (Lipinski definition) is 2. The number of halogens is 1. The van der Waals surface area contributed by atoms with Gasteiger partial charge in [0, 0.05) is 11.8 Å². The fourth-order valence-electron chi connectivity index (χ4n) is 2.19. The van der Waals surface area contributed by atoms with Gasteiger partial charge in [0.05, 0.1) is 0 Å². The largest absolute Gasteiger partial charge is 0.452 e. The number of amides is 3. The van der Waals surface area contributed by atoms with Crippen LogP contribution in [0.15, 0.2) is 48.5 Å². The van der Waals surface area contributed by atoms with Gasteiger partial charge in [-0.2, -0.15) is 0 Å². The van der Waals surface area contributed by atoms with E-state index in [9.17, 15) is 18.8 Å². The molecular formula is C20H19FN2O4. The number of nitrogens with one attached hydrogen (secondary N) is 2. The quantitative estimate of drug-likeness (QED) is 0.624. The summed E-state index contributed by atoms with van der Waals surface area (Å²) in [5, 5.41) is 4.62. The molecule has 7 heteroatoms. The minimum absolute atomic E-state index is 0.384. The summed E-state index contributed by atoms with van der Waals surface area (Å²) in [5.41, 5.74) is 3.08. The molecule has 0 aliphatic heterocycles. The number of aryl methyl sites for hydroxylation is 2. The molecule has 0 heterocycles. The van der Waals surface area contributed by atoms with Crippen LogP contribution in [-0.2, 0) is 14.3 Å². The maximum absolute atomic E-state index is 12.8. The molecule has 2 rings (SSSR count). The highest BCUT2D eigenvalue weighted by Gasteiger charge is 2.11. The summed E-state index contributed by atoms with van der Waals surface area (Å²) in [5.74, 6) is -1.91. The minimum Gasteiger partial charge on any atom is -0.452 e. The summed E-state index contributed by atoms with van der Waals surface area (Å²) in [4.78, 5) is 35.1. The molecule has 0 saturated carbocycles. The average molecular weight is 370 g/mol. The van der Waals surface area contributed by atoms with Gasteiger partial charge in [-0.3, -0.25) is 10.1 Å². The van der Waals surface area contributed by atoms with Crippen LogP contribution < -0.4 is 10.6 Å². The molecule has 27 heavy (non-hydrogen) atoms. The van der Waals surface area contributed by atoms with Gasteiger partial charge in [-0.05, 0) is 49.2 Å². The Morgan fingerprint density at radius 3 is 2.44 bits per heavy atom. The van der Waals surface area contributed by atoms with E-state index in [1.807, 2.05) is 26.0 Å². The molecule has 0 bridgehead atoms. The van der Waals surface area contributed by atoms with Crippen molar-refractivity contribution in [1.29, 1.82) is 0 Å². The third-order valence-corrected chi connectivity index (χ3v) is 3.51. The molecule has 2 aromatic rings. The van der Waals surface area contributed by atoms with E-state index in [1.54, 1.807) is 6.07 Å². The second-order valence-electron chi connectivity index (χ2n) is 5.81. The molecule has 2 aromatic carbocycles. The lowest BCUT2D eigenvalue weighted by molar-refractivity contribution is -0.143. The number of carbonyl (C=O) groups is 3. The van der Waals surface area contributed by atoms with Gasteiger partial charge in [0.2, 0.25) is 0 Å². The molecule has 6 nitrogen and oxygen atoms in total. The predicted molar refractivity (Wildman–Crippen MR) is 99.5 cm³/mol. The number of urea groups is 1. The van der Waals surface area contributed by atoms with Crippen molar-refractivity contribution in [2.45, 2.75) is 13.8 Å². The summed E-state index contributed by atoms with van der Waals surface area (Å²) in [6.07, 6.45) is 2.53. The number of hydrogen-bond acceptors (Lipinski definition) is 4. The van der Waals surface area contributed by atoms with E-state index >= 15 is 0 Å². The van der Waals surface area contributed by atoms with Crippen LogP contribution in [0.2, 0.25) is 0 Å². The molecule has 0 unspecified atom stereocenters. The standard InChI is InChI=1S/C20H19FN2O4/c1-13-3-9-17(14(2)11-13)22-20(26)23-18(24)12-27-19(25)10-6-15-4-7-16(21)8-5-15/h3-11H,12H2,1-2H3,(H2,22,23,24,26)/b10-6+. The molecule has 0 aliphatic rings. The number of anilines is 1. The van der Waals surface area contributed by atoms with Crippen LogP contribution in [0, 0.1) is 19.7 Å². The van der Waals surface area contributed by atoms with Crippen molar-refractivity contribution in [3.63, 3.8) is 0 Å². The maximum Gasteiger partial charge on any atom is 0.331 e. The van der Waals surface area contributed by atoms with Crippen molar-refractivity contribution in [3.05, 3.63) is 71.0 Å². The highest BCUT2D eigenvalue weighted by molar-refractivity contribution is 6.02. The van der Waals surface area contributed by atoms with Gasteiger partial charge in [-0.25, -0.2) is 14.0 Å². The smallest absolute Gasteiger partial charge is 0.331 e. The Kier molecular flexibility index (Phi) is 6.82. The van der Waals surface area contributed by atoms with Gasteiger partial charge in [0.15, 0.2) is 6.61 Å². The third-order valence-electron chi connectivity index (χ3n) is 3.51. The van der Waals surface area contributed by atoms with E-state index in [0.717, 1.165) is 17.2 Å². The van der Waals surface area contributed by atoms with Crippen LogP contribution in [0.4, 0.5) is 14.9 Å². The lowest BCUT2D eigenvalue weighted by Gasteiger charge is -2.09. The minimum atomic E-state index is -0.763. The van der Waals surface area contributed by atoms with Crippen LogP contribution in [0.5, 0.6) is 0 Å². The topological polar surface area (TPSA) is 84.5 Å². The lowest BCUT2D eigenvalue weighted by Crippen LogP contribution is -2.37. The number of rotatable bonds is 5. The van der Waals surface area contributed by atoms with Gasteiger partial charge >= 0.3 is 12.0 Å². The Morgan fingerprint density at radius 2 is 1.78 bits per heavy atom. The zero-order valence-electron chi connectivity index (χ0n) is 14.9. The summed E-state index contributed by atoms with van der Waals surface area (Å²) in [6, 6.07) is 10.2. The van der Waals surface area contributed by atoms with Crippen LogP contribution in [0.3, 0.4) is 0 Å². The number of carbonyl (C=O) groups excluding carboxylic acids is 3. The molecule has 0 fully saturated rings. The van der Waals surface area contributed by atoms with E-state index in [4.69, 9.17) is 4.74 Å². The van der Waals surface area contributed by atoms with Gasteiger partial charge < -0.3 is 10.1 Å². The van der Waals surface area contributed by atoms with Gasteiger partial charge in [-0.15, -0.1) is 0 Å². The first-order valence-corrected chi connectivity index (χ1v) is 8.12. The van der Waals surface area contributed by atoms with Gasteiger partial charge in [-0.1, -0.05) is 29.8 Å². The van der Waals surface area contributed by atoms with Crippen LogP contribution in [0.25, 0.3) is 6.08 Å². The molecule has 2 N–H and O–H groups in total. The Balaban J connectivity index is 1.77. The Labute approximate surface area is 156 Å². The van der Waals surface area contributed by atoms with E-state index in [1.165, 1.54) is 30.3 Å². The van der Waals surface area contributed by atoms with Crippen molar-refractivity contribution in [1.82, 2.24) is 5.32 Å². The maximum atomic E-state index is 12.8. The van der Waals surface area contributed by atoms with Crippen molar-refractivity contribution in [2.24, 2.45) is 0 Å². The average Bonchev–Trinajstić information content (AvgIpc) is 2.62. The third kappa shape index (κ3) is 6.74. The molecule has 0 radical (unpaired) electrons. The lowest BCUT2D eigenvalue weighted by atomic mass is 10.1. The molecular weight excluding hydrogens is 351 g/mol. The molecule has 0 saturated heterocycles. The summed E-state index contributed by atoms with van der Waals surface area (Å²) in [6.45, 7) is 3.16. The Hall–Kier alpha value is -3.48. The monoisotopic (exact) mass is 370 g/mol. The first-order chi connectivity index (χ1) is 12.8. The molecule has 0 aromatic heterocycles. The van der Waals surface area contributed by atoms with E-state index < -0.39 is 24.5 Å². The van der Waals surface area contributed by atoms with Gasteiger partial charge in [0.25, 0.3) is 5.91 Å². The van der Waals surface area contributed by atoms with Crippen LogP contribution in [0.1, 0.15) is 16.7 Å². The zero-order chi connectivity index (χ0) is 19.8. The normalized spacial score (nSPS) is 10.5. The molecule has 0 atom stereocenters. The molecule has 0 spiro atoms. The van der Waals surface area contributed by atoms with Crippen molar-refractivity contribution in [3.8, 4) is 0 Å². The van der Waals surface area contributed by atoms with Crippen LogP contribution >= 0.6 is 0 Å². The van der Waals surface area contributed by atoms with Gasteiger partial charge in [0.1, 0.15) is 5.82 Å². The highest BCUT2D eigenvalue weighted by atomic mass is 19.1. The predicted octanol–water partition coefficient (Wildman–Crippen LogP) is 3.35. The fraction of sp³-hybridized carbons (Fsp3) is 0.150. The van der Waals surface area contributed by atoms with E-state index in [-0.39, 0.29) is 5.82 Å². The Morgan fingerprint density at radius 1 is 1.07 bits per heavy atom. The molecule has 0 aliphatic carbocycles. The zero-order valence-corrected chi connectivity index (χ0v) is 14.9. The van der Waals surface area contributed by atoms with Crippen molar-refractivity contribution >= 4 is 29.7 Å². The van der Waals surface area contributed by atoms with E-state index in [2.05, 4.69) is 10.6 Å². The second kappa shape index (κ2) is 9.28. The van der Waals surface area contributed by atoms with E-state index in [0.29, 0.717) is 11.3 Å². The first kappa shape index (κ1) is 19.8. The Bertz CT molecular complexity index is 876. The summed E-state index contributed by atoms with van der Waals surface area (Å²) >= 11 is 0. The number of imide groups is 1. The summed E-state index contributed by atoms with van der Waals surface area (Å²) in [7, 11) is 0. The molecule has 3 amide bonds. The highest BCUT2D eigenvalue weighted by Crippen LogP contribution is 2.15. The summed E-state index contributed by atoms with van der Waals surface area (Å²) < 4.78 is 17.5. The SMILES string of the molecule is Cc1ccc(NC(=O)NC(=O)COC(=O)/C=C/c2ccc(F)cc2)c(C)c1. The van der Waals surface area contributed by atoms with Crippen molar-refractivity contribution in [2.75, 3.05) is 11.9 Å². The fourth-order valence-corrected chi connectivity index (χ4v) is 2.19. The van der Waals surface area contributed by atoms with Crippen LogP contribution in [-0.4, -0.2) is 24.5 Å². The number of benzene rings is 2.